The monoisotopic (exact) mass is 352 g/mol. The SMILES string of the molecule is O=C(CN1CCN(S(=O)(=O)c2ccccc2)CC1)N1CCNC1=O. The summed E-state index contributed by atoms with van der Waals surface area (Å²) in [6, 6.07) is 7.97. The molecular formula is C15H20N4O4S. The maximum Gasteiger partial charge on any atom is 0.324 e. The molecule has 0 unspecified atom stereocenters. The highest BCUT2D eigenvalue weighted by atomic mass is 32.2. The van der Waals surface area contributed by atoms with Crippen LogP contribution in [0.4, 0.5) is 4.79 Å². The first-order valence-electron chi connectivity index (χ1n) is 7.84. The lowest BCUT2D eigenvalue weighted by Gasteiger charge is -2.34. The molecule has 1 aromatic rings. The van der Waals surface area contributed by atoms with Crippen LogP contribution < -0.4 is 5.32 Å². The van der Waals surface area contributed by atoms with Crippen LogP contribution in [-0.4, -0.2) is 80.3 Å². The Morgan fingerprint density at radius 3 is 2.29 bits per heavy atom. The maximum atomic E-state index is 12.5. The number of hydrogen-bond acceptors (Lipinski definition) is 5. The van der Waals surface area contributed by atoms with Crippen molar-refractivity contribution in [3.63, 3.8) is 0 Å². The molecule has 2 aliphatic heterocycles. The predicted octanol–water partition coefficient (Wildman–Crippen LogP) is -0.455. The highest BCUT2D eigenvalue weighted by molar-refractivity contribution is 7.89. The van der Waals surface area contributed by atoms with Crippen molar-refractivity contribution < 1.29 is 18.0 Å². The van der Waals surface area contributed by atoms with Crippen LogP contribution in [0.25, 0.3) is 0 Å². The van der Waals surface area contributed by atoms with Crippen molar-refractivity contribution in [2.75, 3.05) is 45.8 Å². The van der Waals surface area contributed by atoms with Crippen molar-refractivity contribution in [1.29, 1.82) is 0 Å². The summed E-state index contributed by atoms with van der Waals surface area (Å²) < 4.78 is 26.5. The second-order valence-corrected chi connectivity index (χ2v) is 7.71. The summed E-state index contributed by atoms with van der Waals surface area (Å²) in [5.74, 6) is -0.246. The minimum absolute atomic E-state index is 0.132. The number of sulfonamides is 1. The van der Waals surface area contributed by atoms with Crippen LogP contribution in [0.3, 0.4) is 0 Å². The Hall–Kier alpha value is -1.97. The highest BCUT2D eigenvalue weighted by Gasteiger charge is 2.31. The number of rotatable bonds is 4. The second kappa shape index (κ2) is 6.88. The molecule has 3 rings (SSSR count). The van der Waals surface area contributed by atoms with Gasteiger partial charge in [-0.1, -0.05) is 18.2 Å². The van der Waals surface area contributed by atoms with Gasteiger partial charge >= 0.3 is 6.03 Å². The number of hydrogen-bond donors (Lipinski definition) is 1. The highest BCUT2D eigenvalue weighted by Crippen LogP contribution is 2.17. The summed E-state index contributed by atoms with van der Waals surface area (Å²) in [5.41, 5.74) is 0. The molecule has 9 heteroatoms. The normalized spacial score (nSPS) is 20.2. The molecule has 2 aliphatic rings. The molecule has 0 aliphatic carbocycles. The van der Waals surface area contributed by atoms with Crippen LogP contribution in [0, 0.1) is 0 Å². The van der Waals surface area contributed by atoms with E-state index in [0.29, 0.717) is 39.3 Å². The number of nitrogens with zero attached hydrogens (tertiary/aromatic N) is 3. The summed E-state index contributed by atoms with van der Waals surface area (Å²) in [5, 5.41) is 2.59. The van der Waals surface area contributed by atoms with Crippen molar-refractivity contribution in [2.45, 2.75) is 4.90 Å². The third kappa shape index (κ3) is 3.42. The average molecular weight is 352 g/mol. The molecule has 0 bridgehead atoms. The van der Waals surface area contributed by atoms with Gasteiger partial charge in [-0.25, -0.2) is 13.2 Å². The fourth-order valence-electron chi connectivity index (χ4n) is 2.86. The molecule has 0 saturated carbocycles. The van der Waals surface area contributed by atoms with Crippen molar-refractivity contribution in [1.82, 2.24) is 19.4 Å². The average Bonchev–Trinajstić information content (AvgIpc) is 3.02. The molecule has 2 saturated heterocycles. The van der Waals surface area contributed by atoms with E-state index in [4.69, 9.17) is 0 Å². The first-order chi connectivity index (χ1) is 11.5. The smallest absolute Gasteiger partial charge is 0.324 e. The maximum absolute atomic E-state index is 12.5. The summed E-state index contributed by atoms with van der Waals surface area (Å²) in [4.78, 5) is 27.0. The number of amides is 3. The summed E-state index contributed by atoms with van der Waals surface area (Å²) in [6.07, 6.45) is 0. The van der Waals surface area contributed by atoms with E-state index >= 15 is 0 Å². The molecule has 0 aromatic heterocycles. The molecule has 1 N–H and O–H groups in total. The van der Waals surface area contributed by atoms with Crippen molar-refractivity contribution >= 4 is 22.0 Å². The van der Waals surface area contributed by atoms with Crippen LogP contribution in [0.15, 0.2) is 35.2 Å². The van der Waals surface area contributed by atoms with Gasteiger partial charge in [0.2, 0.25) is 15.9 Å². The van der Waals surface area contributed by atoms with Gasteiger partial charge in [-0.05, 0) is 12.1 Å². The van der Waals surface area contributed by atoms with Crippen LogP contribution >= 0.6 is 0 Å². The van der Waals surface area contributed by atoms with Gasteiger partial charge in [0.25, 0.3) is 0 Å². The number of benzene rings is 1. The Labute approximate surface area is 141 Å². The zero-order valence-corrected chi connectivity index (χ0v) is 14.0. The minimum Gasteiger partial charge on any atom is -0.336 e. The Bertz CT molecular complexity index is 714. The van der Waals surface area contributed by atoms with E-state index < -0.39 is 10.0 Å². The molecule has 3 amide bonds. The minimum atomic E-state index is -3.49. The Morgan fingerprint density at radius 1 is 1.04 bits per heavy atom. The second-order valence-electron chi connectivity index (χ2n) is 5.77. The van der Waals surface area contributed by atoms with Crippen LogP contribution in [0.5, 0.6) is 0 Å². The molecule has 130 valence electrons. The molecule has 1 aromatic carbocycles. The molecule has 0 radical (unpaired) electrons. The van der Waals surface area contributed by atoms with E-state index in [2.05, 4.69) is 5.32 Å². The molecule has 2 fully saturated rings. The first kappa shape index (κ1) is 16.9. The third-order valence-electron chi connectivity index (χ3n) is 4.23. The third-order valence-corrected chi connectivity index (χ3v) is 6.14. The molecule has 24 heavy (non-hydrogen) atoms. The fraction of sp³-hybridized carbons (Fsp3) is 0.467. The lowest BCUT2D eigenvalue weighted by atomic mass is 10.3. The number of piperazine rings is 1. The zero-order chi connectivity index (χ0) is 17.2. The molecule has 0 atom stereocenters. The number of nitrogens with one attached hydrogen (secondary N) is 1. The van der Waals surface area contributed by atoms with E-state index in [0.717, 1.165) is 0 Å². The van der Waals surface area contributed by atoms with E-state index in [1.165, 1.54) is 9.21 Å². The van der Waals surface area contributed by atoms with Gasteiger partial charge in [0.05, 0.1) is 11.4 Å². The van der Waals surface area contributed by atoms with E-state index in [-0.39, 0.29) is 23.4 Å². The first-order valence-corrected chi connectivity index (χ1v) is 9.28. The van der Waals surface area contributed by atoms with Crippen LogP contribution in [0.1, 0.15) is 0 Å². The molecule has 2 heterocycles. The van der Waals surface area contributed by atoms with Gasteiger partial charge in [0.15, 0.2) is 0 Å². The van der Waals surface area contributed by atoms with Crippen LogP contribution in [0.2, 0.25) is 0 Å². The van der Waals surface area contributed by atoms with Gasteiger partial charge < -0.3 is 5.32 Å². The summed E-state index contributed by atoms with van der Waals surface area (Å²) >= 11 is 0. The van der Waals surface area contributed by atoms with Crippen molar-refractivity contribution in [3.8, 4) is 0 Å². The van der Waals surface area contributed by atoms with Crippen molar-refractivity contribution in [2.24, 2.45) is 0 Å². The number of carbonyl (C=O) groups excluding carboxylic acids is 2. The van der Waals surface area contributed by atoms with Crippen LogP contribution in [-0.2, 0) is 14.8 Å². The Morgan fingerprint density at radius 2 is 1.71 bits per heavy atom. The topological polar surface area (TPSA) is 90.0 Å². The van der Waals surface area contributed by atoms with Gasteiger partial charge in [-0.3, -0.25) is 14.6 Å². The molecule has 8 nitrogen and oxygen atoms in total. The fourth-order valence-corrected chi connectivity index (χ4v) is 4.30. The summed E-state index contributed by atoms with van der Waals surface area (Å²) in [6.45, 7) is 2.59. The molecule has 0 spiro atoms. The lowest BCUT2D eigenvalue weighted by molar-refractivity contribution is -0.129. The summed E-state index contributed by atoms with van der Waals surface area (Å²) in [7, 11) is -3.49. The van der Waals surface area contributed by atoms with Gasteiger partial charge in [-0.15, -0.1) is 0 Å². The number of urea groups is 1. The van der Waals surface area contributed by atoms with Gasteiger partial charge in [0, 0.05) is 39.3 Å². The van der Waals surface area contributed by atoms with Crippen molar-refractivity contribution in [3.05, 3.63) is 30.3 Å². The number of imide groups is 1. The quantitative estimate of drug-likeness (QED) is 0.792. The number of carbonyl (C=O) groups is 2. The Balaban J connectivity index is 1.56. The standard InChI is InChI=1S/C15H20N4O4S/c20-14(19-7-6-16-15(19)21)12-17-8-10-18(11-9-17)24(22,23)13-4-2-1-3-5-13/h1-5H,6-12H2,(H,16,21). The predicted molar refractivity (Wildman–Crippen MR) is 86.8 cm³/mol. The largest absolute Gasteiger partial charge is 0.336 e. The van der Waals surface area contributed by atoms with Gasteiger partial charge in [0.1, 0.15) is 0 Å². The lowest BCUT2D eigenvalue weighted by Crippen LogP contribution is -2.51. The molecular weight excluding hydrogens is 332 g/mol. The van der Waals surface area contributed by atoms with Gasteiger partial charge in [-0.2, -0.15) is 4.31 Å². The van der Waals surface area contributed by atoms with E-state index in [1.807, 2.05) is 4.90 Å². The van der Waals surface area contributed by atoms with E-state index in [9.17, 15) is 18.0 Å². The zero-order valence-electron chi connectivity index (χ0n) is 13.2. The Kier molecular flexibility index (Phi) is 4.83. The van der Waals surface area contributed by atoms with E-state index in [1.54, 1.807) is 30.3 Å².